The van der Waals surface area contributed by atoms with Crippen LogP contribution in [0.4, 0.5) is 5.82 Å². The normalized spacial score (nSPS) is 15.8. The maximum absolute atomic E-state index is 4.69. The van der Waals surface area contributed by atoms with Gasteiger partial charge >= 0.3 is 0 Å². The van der Waals surface area contributed by atoms with Crippen LogP contribution >= 0.6 is 11.3 Å². The van der Waals surface area contributed by atoms with Crippen LogP contribution in [0.3, 0.4) is 0 Å². The third kappa shape index (κ3) is 3.29. The van der Waals surface area contributed by atoms with Crippen LogP contribution in [0.1, 0.15) is 10.7 Å². The number of rotatable bonds is 4. The Balaban J connectivity index is 1.40. The fraction of sp³-hybridized carbons (Fsp3) is 0.375. The molecule has 0 spiro atoms. The van der Waals surface area contributed by atoms with Crippen molar-refractivity contribution in [3.05, 3.63) is 46.9 Å². The Labute approximate surface area is 144 Å². The van der Waals surface area contributed by atoms with Gasteiger partial charge in [-0.3, -0.25) is 9.88 Å². The maximum atomic E-state index is 4.69. The van der Waals surface area contributed by atoms with Gasteiger partial charge in [-0.25, -0.2) is 14.6 Å². The van der Waals surface area contributed by atoms with Gasteiger partial charge in [-0.15, -0.1) is 11.3 Å². The number of nitrogens with zero attached hydrogens (tertiary/aromatic N) is 7. The van der Waals surface area contributed by atoms with Gasteiger partial charge in [-0.2, -0.15) is 5.10 Å². The van der Waals surface area contributed by atoms with Crippen LogP contribution in [0.15, 0.2) is 36.2 Å². The van der Waals surface area contributed by atoms with Crippen molar-refractivity contribution in [2.75, 3.05) is 31.1 Å². The first-order valence-corrected chi connectivity index (χ1v) is 8.86. The van der Waals surface area contributed by atoms with E-state index < -0.39 is 0 Å². The molecule has 0 aromatic carbocycles. The average Bonchev–Trinajstić information content (AvgIpc) is 3.28. The van der Waals surface area contributed by atoms with Crippen molar-refractivity contribution in [3.63, 3.8) is 0 Å². The average molecular weight is 341 g/mol. The molecule has 3 aromatic rings. The minimum atomic E-state index is 0.748. The van der Waals surface area contributed by atoms with Gasteiger partial charge in [0.1, 0.15) is 5.82 Å². The molecule has 7 nitrogen and oxygen atoms in total. The minimum Gasteiger partial charge on any atom is -0.353 e. The highest BCUT2D eigenvalue weighted by Gasteiger charge is 2.19. The zero-order chi connectivity index (χ0) is 16.4. The van der Waals surface area contributed by atoms with Crippen molar-refractivity contribution >= 4 is 17.2 Å². The van der Waals surface area contributed by atoms with Crippen LogP contribution in [0.2, 0.25) is 0 Å². The molecule has 3 aromatic heterocycles. The quantitative estimate of drug-likeness (QED) is 0.720. The number of aromatic nitrogens is 5. The lowest BCUT2D eigenvalue weighted by Gasteiger charge is -2.34. The van der Waals surface area contributed by atoms with Crippen LogP contribution in [0.5, 0.6) is 0 Å². The van der Waals surface area contributed by atoms with E-state index in [2.05, 4.69) is 42.2 Å². The number of thiazole rings is 1. The largest absolute Gasteiger partial charge is 0.353 e. The Hall–Kier alpha value is -2.32. The molecular weight excluding hydrogens is 322 g/mol. The first-order chi connectivity index (χ1) is 11.8. The van der Waals surface area contributed by atoms with Crippen LogP contribution < -0.4 is 4.90 Å². The highest BCUT2D eigenvalue weighted by Crippen LogP contribution is 2.16. The molecule has 0 aliphatic carbocycles. The summed E-state index contributed by atoms with van der Waals surface area (Å²) >= 11 is 1.72. The van der Waals surface area contributed by atoms with E-state index in [4.69, 9.17) is 0 Å². The number of hydrogen-bond acceptors (Lipinski definition) is 7. The SMILES string of the molecule is Cc1nc(CN2CCN(c3cncc(-n4cccn4)n3)CC2)cs1. The molecule has 0 N–H and O–H groups in total. The summed E-state index contributed by atoms with van der Waals surface area (Å²) in [5, 5.41) is 7.50. The lowest BCUT2D eigenvalue weighted by Crippen LogP contribution is -2.46. The predicted molar refractivity (Wildman–Crippen MR) is 93.5 cm³/mol. The van der Waals surface area contributed by atoms with E-state index in [1.165, 1.54) is 5.69 Å². The summed E-state index contributed by atoms with van der Waals surface area (Å²) in [6, 6.07) is 1.88. The molecule has 4 heterocycles. The van der Waals surface area contributed by atoms with E-state index in [-0.39, 0.29) is 0 Å². The van der Waals surface area contributed by atoms with Crippen molar-refractivity contribution in [1.29, 1.82) is 0 Å². The second kappa shape index (κ2) is 6.66. The molecule has 4 rings (SSSR count). The molecule has 0 amide bonds. The van der Waals surface area contributed by atoms with E-state index in [1.54, 1.807) is 28.4 Å². The predicted octanol–water partition coefficient (Wildman–Crippen LogP) is 1.75. The number of piperazine rings is 1. The molecule has 124 valence electrons. The van der Waals surface area contributed by atoms with Gasteiger partial charge in [0, 0.05) is 50.5 Å². The lowest BCUT2D eigenvalue weighted by atomic mass is 10.3. The van der Waals surface area contributed by atoms with Gasteiger partial charge in [0.15, 0.2) is 5.82 Å². The number of aryl methyl sites for hydroxylation is 1. The van der Waals surface area contributed by atoms with Crippen molar-refractivity contribution in [1.82, 2.24) is 29.6 Å². The first-order valence-electron chi connectivity index (χ1n) is 7.98. The molecule has 24 heavy (non-hydrogen) atoms. The summed E-state index contributed by atoms with van der Waals surface area (Å²) in [5.74, 6) is 1.66. The molecule has 1 aliphatic heterocycles. The Morgan fingerprint density at radius 2 is 1.92 bits per heavy atom. The third-order valence-corrected chi connectivity index (χ3v) is 4.92. The maximum Gasteiger partial charge on any atom is 0.173 e. The highest BCUT2D eigenvalue weighted by molar-refractivity contribution is 7.09. The van der Waals surface area contributed by atoms with Crippen LogP contribution in [0.25, 0.3) is 5.82 Å². The summed E-state index contributed by atoms with van der Waals surface area (Å²) in [6.45, 7) is 6.88. The van der Waals surface area contributed by atoms with E-state index in [1.807, 2.05) is 18.5 Å². The van der Waals surface area contributed by atoms with Gasteiger partial charge < -0.3 is 4.90 Å². The molecule has 0 saturated carbocycles. The molecule has 1 aliphatic rings. The topological polar surface area (TPSA) is 63.0 Å². The Kier molecular flexibility index (Phi) is 4.22. The van der Waals surface area contributed by atoms with E-state index in [0.29, 0.717) is 0 Å². The van der Waals surface area contributed by atoms with E-state index >= 15 is 0 Å². The monoisotopic (exact) mass is 341 g/mol. The fourth-order valence-corrected chi connectivity index (χ4v) is 3.46. The third-order valence-electron chi connectivity index (χ3n) is 4.10. The molecule has 0 atom stereocenters. The van der Waals surface area contributed by atoms with E-state index in [0.717, 1.165) is 49.4 Å². The molecule has 1 saturated heterocycles. The highest BCUT2D eigenvalue weighted by atomic mass is 32.1. The summed E-state index contributed by atoms with van der Waals surface area (Å²) in [5.41, 5.74) is 1.17. The standard InChI is InChI=1S/C16H19N7S/c1-13-19-14(12-24-13)11-21-5-7-22(8-6-21)15-9-17-10-16(20-15)23-4-2-3-18-23/h2-4,9-10,12H,5-8,11H2,1H3. The molecule has 0 bridgehead atoms. The summed E-state index contributed by atoms with van der Waals surface area (Å²) < 4.78 is 1.73. The molecule has 1 fully saturated rings. The molecular formula is C16H19N7S. The Bertz CT molecular complexity index is 790. The van der Waals surface area contributed by atoms with Gasteiger partial charge in [0.2, 0.25) is 0 Å². The second-order valence-corrected chi connectivity index (χ2v) is 6.87. The van der Waals surface area contributed by atoms with Crippen LogP contribution in [0, 0.1) is 6.92 Å². The Morgan fingerprint density at radius 3 is 2.62 bits per heavy atom. The Morgan fingerprint density at radius 1 is 1.08 bits per heavy atom. The lowest BCUT2D eigenvalue weighted by molar-refractivity contribution is 0.247. The molecule has 0 radical (unpaired) electrons. The van der Waals surface area contributed by atoms with Crippen molar-refractivity contribution < 1.29 is 0 Å². The van der Waals surface area contributed by atoms with Gasteiger partial charge in [0.05, 0.1) is 23.1 Å². The van der Waals surface area contributed by atoms with E-state index in [9.17, 15) is 0 Å². The van der Waals surface area contributed by atoms with Gasteiger partial charge in [0.25, 0.3) is 0 Å². The minimum absolute atomic E-state index is 0.748. The van der Waals surface area contributed by atoms with Crippen LogP contribution in [-0.2, 0) is 6.54 Å². The second-order valence-electron chi connectivity index (χ2n) is 5.81. The smallest absolute Gasteiger partial charge is 0.173 e. The zero-order valence-corrected chi connectivity index (χ0v) is 14.4. The van der Waals surface area contributed by atoms with Gasteiger partial charge in [-0.1, -0.05) is 0 Å². The van der Waals surface area contributed by atoms with Crippen molar-refractivity contribution in [3.8, 4) is 5.82 Å². The first kappa shape index (κ1) is 15.2. The fourth-order valence-electron chi connectivity index (χ4n) is 2.86. The summed E-state index contributed by atoms with van der Waals surface area (Å²) in [6.07, 6.45) is 7.18. The van der Waals surface area contributed by atoms with Crippen molar-refractivity contribution in [2.45, 2.75) is 13.5 Å². The van der Waals surface area contributed by atoms with Gasteiger partial charge in [-0.05, 0) is 13.0 Å². The van der Waals surface area contributed by atoms with Crippen LogP contribution in [-0.4, -0.2) is 55.8 Å². The molecule has 0 unspecified atom stereocenters. The van der Waals surface area contributed by atoms with Crippen molar-refractivity contribution in [2.24, 2.45) is 0 Å². The molecule has 8 heteroatoms. The number of anilines is 1. The summed E-state index contributed by atoms with van der Waals surface area (Å²) in [7, 11) is 0. The summed E-state index contributed by atoms with van der Waals surface area (Å²) in [4.78, 5) is 18.3. The number of hydrogen-bond donors (Lipinski definition) is 0. The zero-order valence-electron chi connectivity index (χ0n) is 13.5.